The van der Waals surface area contributed by atoms with E-state index in [9.17, 15) is 9.90 Å². The molecule has 21 heavy (non-hydrogen) atoms. The van der Waals surface area contributed by atoms with Crippen LogP contribution in [0.5, 0.6) is 11.5 Å². The Kier molecular flexibility index (Phi) is 3.31. The van der Waals surface area contributed by atoms with Crippen LogP contribution in [0.4, 0.5) is 0 Å². The summed E-state index contributed by atoms with van der Waals surface area (Å²) < 4.78 is 5.35. The van der Waals surface area contributed by atoms with Gasteiger partial charge in [-0.25, -0.2) is 4.98 Å². The number of phenols is 1. The topological polar surface area (TPSA) is 75.2 Å². The molecule has 0 unspecified atom stereocenters. The summed E-state index contributed by atoms with van der Waals surface area (Å²) >= 11 is 0. The standard InChI is InChI=1S/C16H14N2O3/c1-2-21-13-9-5-7-11(14(13)19)15-17-12-8-4-3-6-10(12)16(20)18-15/h3-9,19H,2H2,1H3,(H,17,18,20). The van der Waals surface area contributed by atoms with Crippen LogP contribution in [0, 0.1) is 0 Å². The smallest absolute Gasteiger partial charge is 0.259 e. The molecule has 0 saturated heterocycles. The highest BCUT2D eigenvalue weighted by atomic mass is 16.5. The summed E-state index contributed by atoms with van der Waals surface area (Å²) in [4.78, 5) is 19.2. The molecule has 5 heteroatoms. The number of phenolic OH excluding ortho intramolecular Hbond substituents is 1. The Morgan fingerprint density at radius 2 is 2.00 bits per heavy atom. The minimum atomic E-state index is -0.239. The van der Waals surface area contributed by atoms with Crippen LogP contribution in [-0.4, -0.2) is 21.7 Å². The number of fused-ring (bicyclic) bond motifs is 1. The SMILES string of the molecule is CCOc1cccc(-c2nc3ccccc3c(=O)[nH]2)c1O. The Morgan fingerprint density at radius 1 is 1.19 bits per heavy atom. The Hall–Kier alpha value is -2.82. The third kappa shape index (κ3) is 2.33. The zero-order valence-corrected chi connectivity index (χ0v) is 11.5. The monoisotopic (exact) mass is 282 g/mol. The number of aromatic hydroxyl groups is 1. The van der Waals surface area contributed by atoms with E-state index in [-0.39, 0.29) is 11.3 Å². The van der Waals surface area contributed by atoms with Crippen molar-refractivity contribution in [3.8, 4) is 22.9 Å². The van der Waals surface area contributed by atoms with Crippen LogP contribution < -0.4 is 10.3 Å². The van der Waals surface area contributed by atoms with Gasteiger partial charge in [0.1, 0.15) is 5.82 Å². The summed E-state index contributed by atoms with van der Waals surface area (Å²) in [5.74, 6) is 0.654. The number of benzene rings is 2. The second-order valence-corrected chi connectivity index (χ2v) is 4.52. The van der Waals surface area contributed by atoms with E-state index in [0.717, 1.165) is 0 Å². The number of aromatic amines is 1. The molecule has 0 atom stereocenters. The van der Waals surface area contributed by atoms with Crippen LogP contribution in [-0.2, 0) is 0 Å². The third-order valence-electron chi connectivity index (χ3n) is 3.17. The molecule has 0 fully saturated rings. The van der Waals surface area contributed by atoms with E-state index >= 15 is 0 Å². The van der Waals surface area contributed by atoms with Crippen LogP contribution >= 0.6 is 0 Å². The second-order valence-electron chi connectivity index (χ2n) is 4.52. The quantitative estimate of drug-likeness (QED) is 0.774. The van der Waals surface area contributed by atoms with Gasteiger partial charge in [-0.05, 0) is 31.2 Å². The molecule has 0 spiro atoms. The maximum absolute atomic E-state index is 12.1. The first kappa shape index (κ1) is 13.2. The van der Waals surface area contributed by atoms with Gasteiger partial charge in [-0.15, -0.1) is 0 Å². The maximum atomic E-state index is 12.1. The largest absolute Gasteiger partial charge is 0.504 e. The van der Waals surface area contributed by atoms with Crippen LogP contribution in [0.25, 0.3) is 22.3 Å². The van der Waals surface area contributed by atoms with E-state index in [0.29, 0.717) is 34.6 Å². The van der Waals surface area contributed by atoms with E-state index in [4.69, 9.17) is 4.74 Å². The molecular formula is C16H14N2O3. The molecule has 0 radical (unpaired) electrons. The van der Waals surface area contributed by atoms with Crippen LogP contribution in [0.15, 0.2) is 47.3 Å². The third-order valence-corrected chi connectivity index (χ3v) is 3.17. The molecular weight excluding hydrogens is 268 g/mol. The van der Waals surface area contributed by atoms with Gasteiger partial charge in [-0.1, -0.05) is 18.2 Å². The first-order valence-electron chi connectivity index (χ1n) is 6.65. The fourth-order valence-corrected chi connectivity index (χ4v) is 2.20. The van der Waals surface area contributed by atoms with Crippen molar-refractivity contribution in [2.75, 3.05) is 6.61 Å². The highest BCUT2D eigenvalue weighted by molar-refractivity contribution is 5.80. The number of aromatic nitrogens is 2. The minimum absolute atomic E-state index is 0.0298. The normalized spacial score (nSPS) is 10.7. The molecule has 2 aromatic carbocycles. The summed E-state index contributed by atoms with van der Waals surface area (Å²) in [5, 5.41) is 10.8. The number of hydrogen-bond acceptors (Lipinski definition) is 4. The summed E-state index contributed by atoms with van der Waals surface area (Å²) in [6, 6.07) is 12.2. The molecule has 0 aliphatic rings. The van der Waals surface area contributed by atoms with Crippen molar-refractivity contribution in [2.45, 2.75) is 6.92 Å². The van der Waals surface area contributed by atoms with Crippen LogP contribution in [0.2, 0.25) is 0 Å². The number of nitrogens with zero attached hydrogens (tertiary/aromatic N) is 1. The van der Waals surface area contributed by atoms with Crippen molar-refractivity contribution in [3.05, 3.63) is 52.8 Å². The molecule has 3 aromatic rings. The molecule has 1 aromatic heterocycles. The zero-order valence-electron chi connectivity index (χ0n) is 11.5. The van der Waals surface area contributed by atoms with Gasteiger partial charge in [-0.3, -0.25) is 4.79 Å². The predicted octanol–water partition coefficient (Wildman–Crippen LogP) is 2.69. The number of hydrogen-bond donors (Lipinski definition) is 2. The Bertz CT molecular complexity index is 856. The fourth-order valence-electron chi connectivity index (χ4n) is 2.20. The molecule has 0 amide bonds. The number of para-hydroxylation sites is 2. The van der Waals surface area contributed by atoms with Gasteiger partial charge in [0.15, 0.2) is 11.5 Å². The maximum Gasteiger partial charge on any atom is 0.259 e. The van der Waals surface area contributed by atoms with E-state index in [1.807, 2.05) is 13.0 Å². The van der Waals surface area contributed by atoms with Crippen LogP contribution in [0.1, 0.15) is 6.92 Å². The number of rotatable bonds is 3. The molecule has 2 N–H and O–H groups in total. The lowest BCUT2D eigenvalue weighted by molar-refractivity contribution is 0.318. The summed E-state index contributed by atoms with van der Waals surface area (Å²) in [5.41, 5.74) is 0.776. The van der Waals surface area contributed by atoms with Crippen LogP contribution in [0.3, 0.4) is 0 Å². The molecule has 5 nitrogen and oxygen atoms in total. The first-order chi connectivity index (χ1) is 10.2. The van der Waals surface area contributed by atoms with Gasteiger partial charge in [0.05, 0.1) is 23.1 Å². The number of ether oxygens (including phenoxy) is 1. The second kappa shape index (κ2) is 5.28. The lowest BCUT2D eigenvalue weighted by atomic mass is 10.1. The molecule has 0 aliphatic heterocycles. The molecule has 106 valence electrons. The molecule has 0 saturated carbocycles. The van der Waals surface area contributed by atoms with E-state index < -0.39 is 0 Å². The van der Waals surface area contributed by atoms with E-state index in [1.165, 1.54) is 0 Å². The minimum Gasteiger partial charge on any atom is -0.504 e. The average molecular weight is 282 g/mol. The first-order valence-corrected chi connectivity index (χ1v) is 6.65. The van der Waals surface area contributed by atoms with Gasteiger partial charge in [0.2, 0.25) is 0 Å². The van der Waals surface area contributed by atoms with Gasteiger partial charge in [-0.2, -0.15) is 0 Å². The summed E-state index contributed by atoms with van der Waals surface area (Å²) in [7, 11) is 0. The Balaban J connectivity index is 2.21. The van der Waals surface area contributed by atoms with Crippen molar-refractivity contribution in [1.29, 1.82) is 0 Å². The Morgan fingerprint density at radius 3 is 2.81 bits per heavy atom. The van der Waals surface area contributed by atoms with Gasteiger partial charge >= 0.3 is 0 Å². The van der Waals surface area contributed by atoms with E-state index in [2.05, 4.69) is 9.97 Å². The zero-order chi connectivity index (χ0) is 14.8. The fraction of sp³-hybridized carbons (Fsp3) is 0.125. The molecule has 1 heterocycles. The van der Waals surface area contributed by atoms with E-state index in [1.54, 1.807) is 36.4 Å². The number of nitrogens with one attached hydrogen (secondary N) is 1. The highest BCUT2D eigenvalue weighted by Crippen LogP contribution is 2.35. The van der Waals surface area contributed by atoms with Gasteiger partial charge in [0.25, 0.3) is 5.56 Å². The summed E-state index contributed by atoms with van der Waals surface area (Å²) in [6.45, 7) is 2.28. The van der Waals surface area contributed by atoms with Crippen molar-refractivity contribution in [3.63, 3.8) is 0 Å². The van der Waals surface area contributed by atoms with Gasteiger partial charge < -0.3 is 14.8 Å². The number of H-pyrrole nitrogens is 1. The van der Waals surface area contributed by atoms with Crippen molar-refractivity contribution < 1.29 is 9.84 Å². The highest BCUT2D eigenvalue weighted by Gasteiger charge is 2.13. The Labute approximate surface area is 120 Å². The lowest BCUT2D eigenvalue weighted by Crippen LogP contribution is -2.09. The average Bonchev–Trinajstić information content (AvgIpc) is 2.49. The van der Waals surface area contributed by atoms with Gasteiger partial charge in [0, 0.05) is 0 Å². The van der Waals surface area contributed by atoms with Crippen molar-refractivity contribution in [1.82, 2.24) is 9.97 Å². The summed E-state index contributed by atoms with van der Waals surface area (Å²) in [6.07, 6.45) is 0. The lowest BCUT2D eigenvalue weighted by Gasteiger charge is -2.10. The molecule has 3 rings (SSSR count). The molecule has 0 aliphatic carbocycles. The predicted molar refractivity (Wildman–Crippen MR) is 80.6 cm³/mol. The van der Waals surface area contributed by atoms with Crippen molar-refractivity contribution >= 4 is 10.9 Å². The molecule has 0 bridgehead atoms. The van der Waals surface area contributed by atoms with Crippen molar-refractivity contribution in [2.24, 2.45) is 0 Å².